The summed E-state index contributed by atoms with van der Waals surface area (Å²) in [7, 11) is 1.37. The van der Waals surface area contributed by atoms with E-state index in [-0.39, 0.29) is 29.8 Å². The van der Waals surface area contributed by atoms with Gasteiger partial charge in [0.1, 0.15) is 11.9 Å². The summed E-state index contributed by atoms with van der Waals surface area (Å²) in [6.45, 7) is 5.82. The van der Waals surface area contributed by atoms with Crippen molar-refractivity contribution in [3.63, 3.8) is 0 Å². The number of rotatable bonds is 5. The topological polar surface area (TPSA) is 38.3 Å². The molecule has 0 aliphatic heterocycles. The summed E-state index contributed by atoms with van der Waals surface area (Å²) in [5.41, 5.74) is 0.905. The third kappa shape index (κ3) is 4.28. The predicted molar refractivity (Wildman–Crippen MR) is 76.3 cm³/mol. The van der Waals surface area contributed by atoms with E-state index in [4.69, 9.17) is 4.74 Å². The number of carbonyl (C=O) groups excluding carboxylic acids is 1. The first kappa shape index (κ1) is 16.1. The Balaban J connectivity index is 2.84. The molecule has 1 aromatic rings. The average Bonchev–Trinajstić information content (AvgIpc) is 2.37. The summed E-state index contributed by atoms with van der Waals surface area (Å²) in [4.78, 5) is 11.7. The molecule has 19 heavy (non-hydrogen) atoms. The second kappa shape index (κ2) is 7.01. The third-order valence-corrected chi connectivity index (χ3v) is 3.60. The minimum Gasteiger partial charge on any atom is -0.468 e. The van der Waals surface area contributed by atoms with Crippen LogP contribution in [0.15, 0.2) is 22.7 Å². The zero-order valence-corrected chi connectivity index (χ0v) is 13.1. The van der Waals surface area contributed by atoms with E-state index in [1.165, 1.54) is 13.2 Å². The molecule has 0 aromatic heterocycles. The first-order valence-electron chi connectivity index (χ1n) is 6.15. The lowest BCUT2D eigenvalue weighted by Crippen LogP contribution is -2.42. The highest BCUT2D eigenvalue weighted by atomic mass is 79.9. The highest BCUT2D eigenvalue weighted by Crippen LogP contribution is 2.22. The van der Waals surface area contributed by atoms with Gasteiger partial charge in [0.25, 0.3) is 0 Å². The molecule has 3 nitrogen and oxygen atoms in total. The fourth-order valence-corrected chi connectivity index (χ4v) is 2.20. The molecule has 0 saturated heterocycles. The number of ether oxygens (including phenoxy) is 1. The van der Waals surface area contributed by atoms with E-state index in [9.17, 15) is 9.18 Å². The molecule has 0 aliphatic rings. The summed E-state index contributed by atoms with van der Waals surface area (Å²) < 4.78 is 18.4. The van der Waals surface area contributed by atoms with Gasteiger partial charge in [-0.1, -0.05) is 19.9 Å². The van der Waals surface area contributed by atoms with Crippen LogP contribution in [-0.2, 0) is 9.53 Å². The molecule has 0 fully saturated rings. The molecule has 2 atom stereocenters. The molecule has 5 heteroatoms. The first-order valence-corrected chi connectivity index (χ1v) is 6.95. The maximum absolute atomic E-state index is 13.2. The van der Waals surface area contributed by atoms with Crippen LogP contribution >= 0.6 is 15.9 Å². The third-order valence-electron chi connectivity index (χ3n) is 3.00. The molecule has 0 aliphatic carbocycles. The van der Waals surface area contributed by atoms with Crippen molar-refractivity contribution in [3.05, 3.63) is 34.1 Å². The Bertz CT molecular complexity index is 451. The maximum Gasteiger partial charge on any atom is 0.323 e. The Hall–Kier alpha value is -0.940. The van der Waals surface area contributed by atoms with Gasteiger partial charge in [-0.25, -0.2) is 4.39 Å². The number of hydrogen-bond donors (Lipinski definition) is 1. The van der Waals surface area contributed by atoms with Crippen LogP contribution in [0, 0.1) is 11.7 Å². The molecule has 1 N–H and O–H groups in total. The summed E-state index contributed by atoms with van der Waals surface area (Å²) >= 11 is 3.16. The Kier molecular flexibility index (Phi) is 5.94. The lowest BCUT2D eigenvalue weighted by atomic mass is 10.0. The lowest BCUT2D eigenvalue weighted by Gasteiger charge is -2.24. The van der Waals surface area contributed by atoms with Gasteiger partial charge in [-0.05, 0) is 46.5 Å². The zero-order chi connectivity index (χ0) is 14.6. The fourth-order valence-electron chi connectivity index (χ4n) is 1.81. The summed E-state index contributed by atoms with van der Waals surface area (Å²) in [6.07, 6.45) is 0. The number of nitrogens with one attached hydrogen (secondary N) is 1. The summed E-state index contributed by atoms with van der Waals surface area (Å²) in [5.74, 6) is -0.480. The second-order valence-electron chi connectivity index (χ2n) is 4.81. The van der Waals surface area contributed by atoms with Gasteiger partial charge in [0, 0.05) is 6.04 Å². The Labute approximate surface area is 121 Å². The molecule has 0 saturated carbocycles. The van der Waals surface area contributed by atoms with Crippen molar-refractivity contribution < 1.29 is 13.9 Å². The van der Waals surface area contributed by atoms with E-state index in [1.54, 1.807) is 12.1 Å². The molecule has 0 amide bonds. The second-order valence-corrected chi connectivity index (χ2v) is 5.66. The van der Waals surface area contributed by atoms with Crippen molar-refractivity contribution in [1.82, 2.24) is 5.32 Å². The van der Waals surface area contributed by atoms with Crippen LogP contribution in [-0.4, -0.2) is 19.1 Å². The largest absolute Gasteiger partial charge is 0.468 e. The number of benzene rings is 1. The van der Waals surface area contributed by atoms with E-state index in [0.29, 0.717) is 4.47 Å². The van der Waals surface area contributed by atoms with Gasteiger partial charge in [-0.3, -0.25) is 10.1 Å². The van der Waals surface area contributed by atoms with Gasteiger partial charge in [-0.15, -0.1) is 0 Å². The van der Waals surface area contributed by atoms with E-state index < -0.39 is 0 Å². The van der Waals surface area contributed by atoms with Crippen LogP contribution in [0.4, 0.5) is 4.39 Å². The van der Waals surface area contributed by atoms with Crippen LogP contribution in [0.1, 0.15) is 32.4 Å². The molecule has 106 valence electrons. The lowest BCUT2D eigenvalue weighted by molar-refractivity contribution is -0.144. The monoisotopic (exact) mass is 331 g/mol. The van der Waals surface area contributed by atoms with E-state index >= 15 is 0 Å². The van der Waals surface area contributed by atoms with Crippen LogP contribution in [0.5, 0.6) is 0 Å². The highest BCUT2D eigenvalue weighted by molar-refractivity contribution is 9.10. The normalized spacial score (nSPS) is 14.3. The molecule has 0 bridgehead atoms. The molecule has 0 heterocycles. The number of methoxy groups -OCH3 is 1. The van der Waals surface area contributed by atoms with Gasteiger partial charge in [0.15, 0.2) is 0 Å². The number of esters is 1. The minimum absolute atomic E-state index is 0.0802. The predicted octanol–water partition coefficient (Wildman–Crippen LogP) is 3.44. The number of carbonyl (C=O) groups is 1. The standard InChI is InChI=1S/C14H19BrFNO2/c1-8(2)13(14(18)19-4)17-9(3)10-5-6-12(16)11(15)7-10/h5-9,13,17H,1-4H3. The molecule has 0 spiro atoms. The van der Waals surface area contributed by atoms with E-state index in [1.807, 2.05) is 20.8 Å². The molecule has 1 rings (SSSR count). The minimum atomic E-state index is -0.385. The highest BCUT2D eigenvalue weighted by Gasteiger charge is 2.25. The van der Waals surface area contributed by atoms with Gasteiger partial charge in [0.2, 0.25) is 0 Å². The smallest absolute Gasteiger partial charge is 0.323 e. The van der Waals surface area contributed by atoms with Crippen molar-refractivity contribution >= 4 is 21.9 Å². The number of halogens is 2. The molecule has 1 aromatic carbocycles. The maximum atomic E-state index is 13.2. The SMILES string of the molecule is COC(=O)C(NC(C)c1ccc(F)c(Br)c1)C(C)C. The van der Waals surface area contributed by atoms with Gasteiger partial charge < -0.3 is 4.74 Å². The van der Waals surface area contributed by atoms with Crippen molar-refractivity contribution in [1.29, 1.82) is 0 Å². The quantitative estimate of drug-likeness (QED) is 0.840. The van der Waals surface area contributed by atoms with E-state index in [2.05, 4.69) is 21.2 Å². The molecular formula is C14H19BrFNO2. The Morgan fingerprint density at radius 2 is 2.00 bits per heavy atom. The van der Waals surface area contributed by atoms with Crippen molar-refractivity contribution in [3.8, 4) is 0 Å². The van der Waals surface area contributed by atoms with Crippen LogP contribution in [0.3, 0.4) is 0 Å². The van der Waals surface area contributed by atoms with Crippen LogP contribution < -0.4 is 5.32 Å². The molecular weight excluding hydrogens is 313 g/mol. The Morgan fingerprint density at radius 3 is 2.47 bits per heavy atom. The number of hydrogen-bond acceptors (Lipinski definition) is 3. The van der Waals surface area contributed by atoms with Crippen LogP contribution in [0.2, 0.25) is 0 Å². The van der Waals surface area contributed by atoms with Crippen LogP contribution in [0.25, 0.3) is 0 Å². The molecule has 0 radical (unpaired) electrons. The average molecular weight is 332 g/mol. The van der Waals surface area contributed by atoms with Gasteiger partial charge in [-0.2, -0.15) is 0 Å². The summed E-state index contributed by atoms with van der Waals surface area (Å²) in [5, 5.41) is 3.21. The zero-order valence-electron chi connectivity index (χ0n) is 11.5. The fraction of sp³-hybridized carbons (Fsp3) is 0.500. The van der Waals surface area contributed by atoms with Crippen molar-refractivity contribution in [2.45, 2.75) is 32.9 Å². The van der Waals surface area contributed by atoms with Gasteiger partial charge >= 0.3 is 5.97 Å². The summed E-state index contributed by atoms with van der Waals surface area (Å²) in [6, 6.07) is 4.35. The molecule has 2 unspecified atom stereocenters. The van der Waals surface area contributed by atoms with E-state index in [0.717, 1.165) is 5.56 Å². The van der Waals surface area contributed by atoms with Crippen molar-refractivity contribution in [2.24, 2.45) is 5.92 Å². The first-order chi connectivity index (χ1) is 8.86. The Morgan fingerprint density at radius 1 is 1.37 bits per heavy atom. The van der Waals surface area contributed by atoms with Crippen molar-refractivity contribution in [2.75, 3.05) is 7.11 Å². The van der Waals surface area contributed by atoms with Gasteiger partial charge in [0.05, 0.1) is 11.6 Å².